The van der Waals surface area contributed by atoms with Gasteiger partial charge in [-0.1, -0.05) is 45.7 Å². The van der Waals surface area contributed by atoms with Crippen LogP contribution in [0.5, 0.6) is 11.5 Å². The van der Waals surface area contributed by atoms with E-state index in [0.717, 1.165) is 37.0 Å². The van der Waals surface area contributed by atoms with Crippen molar-refractivity contribution in [3.8, 4) is 11.5 Å². The molecular formula is C16H16Br3NO. The third-order valence-electron chi connectivity index (χ3n) is 2.84. The molecule has 2 rings (SSSR count). The first-order valence-corrected chi connectivity index (χ1v) is 8.98. The normalized spacial score (nSPS) is 11.0. The van der Waals surface area contributed by atoms with E-state index in [9.17, 15) is 0 Å². The molecule has 0 saturated heterocycles. The monoisotopic (exact) mass is 475 g/mol. The third kappa shape index (κ3) is 5.09. The molecule has 2 aromatic rings. The highest BCUT2D eigenvalue weighted by molar-refractivity contribution is 9.11. The fraction of sp³-hybridized carbons (Fsp3) is 0.250. The van der Waals surface area contributed by atoms with Crippen LogP contribution in [0.25, 0.3) is 0 Å². The summed E-state index contributed by atoms with van der Waals surface area (Å²) in [5.41, 5.74) is 1.12. The summed E-state index contributed by atoms with van der Waals surface area (Å²) < 4.78 is 9.03. The van der Waals surface area contributed by atoms with Crippen molar-refractivity contribution in [2.45, 2.75) is 26.4 Å². The summed E-state index contributed by atoms with van der Waals surface area (Å²) in [4.78, 5) is 0. The fourth-order valence-corrected chi connectivity index (χ4v) is 3.31. The fourth-order valence-electron chi connectivity index (χ4n) is 1.78. The first kappa shape index (κ1) is 17.0. The van der Waals surface area contributed by atoms with E-state index in [0.29, 0.717) is 6.04 Å². The second-order valence-electron chi connectivity index (χ2n) is 4.96. The van der Waals surface area contributed by atoms with Gasteiger partial charge in [0.2, 0.25) is 0 Å². The zero-order chi connectivity index (χ0) is 15.4. The van der Waals surface area contributed by atoms with Gasteiger partial charge in [0.15, 0.2) is 0 Å². The van der Waals surface area contributed by atoms with E-state index >= 15 is 0 Å². The predicted molar refractivity (Wildman–Crippen MR) is 98.0 cm³/mol. The molecule has 5 heteroatoms. The van der Waals surface area contributed by atoms with Gasteiger partial charge in [-0.2, -0.15) is 0 Å². The van der Waals surface area contributed by atoms with Crippen molar-refractivity contribution in [3.63, 3.8) is 0 Å². The number of hydrogen-bond acceptors (Lipinski definition) is 2. The lowest BCUT2D eigenvalue weighted by molar-refractivity contribution is 0.466. The Labute approximate surface area is 150 Å². The molecule has 0 atom stereocenters. The van der Waals surface area contributed by atoms with Gasteiger partial charge in [-0.05, 0) is 52.3 Å². The van der Waals surface area contributed by atoms with E-state index in [2.05, 4.69) is 73.0 Å². The Morgan fingerprint density at radius 1 is 0.952 bits per heavy atom. The molecule has 0 amide bonds. The minimum absolute atomic E-state index is 0.427. The first-order chi connectivity index (χ1) is 9.95. The van der Waals surface area contributed by atoms with Gasteiger partial charge in [0.1, 0.15) is 11.5 Å². The Kier molecular flexibility index (Phi) is 6.29. The average molecular weight is 478 g/mol. The van der Waals surface area contributed by atoms with Crippen LogP contribution in [0.3, 0.4) is 0 Å². The number of hydrogen-bond donors (Lipinski definition) is 1. The molecule has 2 nitrogen and oxygen atoms in total. The maximum absolute atomic E-state index is 6.05. The summed E-state index contributed by atoms with van der Waals surface area (Å²) in [7, 11) is 0. The Morgan fingerprint density at radius 3 is 2.19 bits per heavy atom. The van der Waals surface area contributed by atoms with Crippen LogP contribution in [0, 0.1) is 0 Å². The number of ether oxygens (including phenoxy) is 1. The molecule has 1 N–H and O–H groups in total. The van der Waals surface area contributed by atoms with E-state index in [-0.39, 0.29) is 0 Å². The molecule has 0 aromatic heterocycles. The lowest BCUT2D eigenvalue weighted by Gasteiger charge is -2.15. The maximum Gasteiger partial charge on any atom is 0.141 e. The van der Waals surface area contributed by atoms with Crippen molar-refractivity contribution < 1.29 is 4.74 Å². The largest absolute Gasteiger partial charge is 0.456 e. The van der Waals surface area contributed by atoms with E-state index in [1.54, 1.807) is 0 Å². The van der Waals surface area contributed by atoms with Crippen molar-refractivity contribution in [1.82, 2.24) is 5.32 Å². The summed E-state index contributed by atoms with van der Waals surface area (Å²) >= 11 is 10.5. The second kappa shape index (κ2) is 7.77. The van der Waals surface area contributed by atoms with Crippen LogP contribution < -0.4 is 10.1 Å². The van der Waals surface area contributed by atoms with Crippen molar-refractivity contribution in [1.29, 1.82) is 0 Å². The third-order valence-corrected chi connectivity index (χ3v) is 4.44. The lowest BCUT2D eigenvalue weighted by Crippen LogP contribution is -2.22. The molecule has 0 unspecified atom stereocenters. The molecule has 0 bridgehead atoms. The van der Waals surface area contributed by atoms with E-state index in [4.69, 9.17) is 4.74 Å². The van der Waals surface area contributed by atoms with Crippen LogP contribution in [-0.2, 0) is 6.54 Å². The molecule has 0 heterocycles. The number of nitrogens with one attached hydrogen (secondary N) is 1. The molecule has 0 aliphatic carbocycles. The van der Waals surface area contributed by atoms with Gasteiger partial charge in [0.05, 0.1) is 4.47 Å². The van der Waals surface area contributed by atoms with E-state index in [1.807, 2.05) is 30.3 Å². The maximum atomic E-state index is 6.05. The summed E-state index contributed by atoms with van der Waals surface area (Å²) in [6.07, 6.45) is 0. The summed E-state index contributed by atoms with van der Waals surface area (Å²) in [6.45, 7) is 5.02. The predicted octanol–water partition coefficient (Wildman–Crippen LogP) is 6.26. The molecule has 0 spiro atoms. The molecule has 0 aliphatic rings. The first-order valence-electron chi connectivity index (χ1n) is 6.60. The van der Waals surface area contributed by atoms with Crippen molar-refractivity contribution in [2.75, 3.05) is 0 Å². The average Bonchev–Trinajstić information content (AvgIpc) is 2.41. The molecule has 112 valence electrons. The van der Waals surface area contributed by atoms with Gasteiger partial charge in [0, 0.05) is 27.1 Å². The van der Waals surface area contributed by atoms with Crippen LogP contribution in [0.4, 0.5) is 0 Å². The van der Waals surface area contributed by atoms with Crippen LogP contribution in [0.15, 0.2) is 49.8 Å². The molecule has 0 aliphatic heterocycles. The Morgan fingerprint density at radius 2 is 1.57 bits per heavy atom. The molecule has 0 saturated carbocycles. The minimum atomic E-state index is 0.427. The summed E-state index contributed by atoms with van der Waals surface area (Å²) in [5, 5.41) is 3.42. The molecule has 21 heavy (non-hydrogen) atoms. The topological polar surface area (TPSA) is 21.3 Å². The zero-order valence-electron chi connectivity index (χ0n) is 11.8. The van der Waals surface area contributed by atoms with Crippen LogP contribution in [0.1, 0.15) is 19.4 Å². The van der Waals surface area contributed by atoms with Crippen LogP contribution in [-0.4, -0.2) is 6.04 Å². The second-order valence-corrected chi connectivity index (χ2v) is 7.65. The highest BCUT2D eigenvalue weighted by Crippen LogP contribution is 2.34. The standard InChI is InChI=1S/C16H16Br3NO/c1-10(2)20-9-11-7-12(17)3-5-15(11)21-16-6-4-13(18)8-14(16)19/h3-8,10,20H,9H2,1-2H3. The number of halogens is 3. The van der Waals surface area contributed by atoms with Gasteiger partial charge in [-0.25, -0.2) is 0 Å². The minimum Gasteiger partial charge on any atom is -0.456 e. The van der Waals surface area contributed by atoms with Crippen LogP contribution >= 0.6 is 47.8 Å². The molecule has 2 aromatic carbocycles. The van der Waals surface area contributed by atoms with Gasteiger partial charge < -0.3 is 10.1 Å². The smallest absolute Gasteiger partial charge is 0.141 e. The number of benzene rings is 2. The van der Waals surface area contributed by atoms with Crippen molar-refractivity contribution >= 4 is 47.8 Å². The molecule has 0 fully saturated rings. The summed E-state index contributed by atoms with van der Waals surface area (Å²) in [6, 6.07) is 12.4. The van der Waals surface area contributed by atoms with Crippen LogP contribution in [0.2, 0.25) is 0 Å². The van der Waals surface area contributed by atoms with Gasteiger partial charge in [-0.15, -0.1) is 0 Å². The molecular weight excluding hydrogens is 462 g/mol. The Balaban J connectivity index is 2.26. The summed E-state index contributed by atoms with van der Waals surface area (Å²) in [5.74, 6) is 1.65. The quantitative estimate of drug-likeness (QED) is 0.548. The van der Waals surface area contributed by atoms with Crippen molar-refractivity contribution in [2.24, 2.45) is 0 Å². The SMILES string of the molecule is CC(C)NCc1cc(Br)ccc1Oc1ccc(Br)cc1Br. The van der Waals surface area contributed by atoms with Gasteiger partial charge in [0.25, 0.3) is 0 Å². The highest BCUT2D eigenvalue weighted by atomic mass is 79.9. The molecule has 0 radical (unpaired) electrons. The lowest BCUT2D eigenvalue weighted by atomic mass is 10.2. The van der Waals surface area contributed by atoms with Gasteiger partial charge >= 0.3 is 0 Å². The Hall–Kier alpha value is -0.360. The zero-order valence-corrected chi connectivity index (χ0v) is 16.5. The van der Waals surface area contributed by atoms with E-state index in [1.165, 1.54) is 0 Å². The number of rotatable bonds is 5. The van der Waals surface area contributed by atoms with Gasteiger partial charge in [-0.3, -0.25) is 0 Å². The van der Waals surface area contributed by atoms with E-state index < -0.39 is 0 Å². The highest BCUT2D eigenvalue weighted by Gasteiger charge is 2.09. The Bertz CT molecular complexity index is 629. The van der Waals surface area contributed by atoms with Crippen molar-refractivity contribution in [3.05, 3.63) is 55.4 Å².